The number of fused-ring (bicyclic) bond motifs is 5. The minimum atomic E-state index is -1.17. The van der Waals surface area contributed by atoms with Crippen LogP contribution in [0.4, 0.5) is 0 Å². The van der Waals surface area contributed by atoms with Crippen LogP contribution < -0.4 is 10.6 Å². The number of carbonyl (C=O) groups is 2. The first kappa shape index (κ1) is 17.8. The quantitative estimate of drug-likeness (QED) is 0.518. The second-order valence-corrected chi connectivity index (χ2v) is 7.76. The normalized spacial score (nSPS) is 23.9. The van der Waals surface area contributed by atoms with Crippen molar-refractivity contribution < 1.29 is 14.3 Å². The third-order valence-electron chi connectivity index (χ3n) is 6.28. The van der Waals surface area contributed by atoms with Gasteiger partial charge in [0.1, 0.15) is 12.3 Å². The average molecular weight is 390 g/mol. The number of amides is 2. The van der Waals surface area contributed by atoms with E-state index >= 15 is 0 Å². The van der Waals surface area contributed by atoms with Gasteiger partial charge in [-0.25, -0.2) is 5.84 Å². The maximum absolute atomic E-state index is 13.2. The maximum Gasteiger partial charge on any atom is 0.268 e. The van der Waals surface area contributed by atoms with Gasteiger partial charge in [-0.15, -0.1) is 0 Å². The molecule has 0 radical (unpaired) electrons. The van der Waals surface area contributed by atoms with Crippen LogP contribution in [0, 0.1) is 0 Å². The van der Waals surface area contributed by atoms with E-state index < -0.39 is 5.54 Å². The molecule has 7 heteroatoms. The Kier molecular flexibility index (Phi) is 3.73. The zero-order valence-electron chi connectivity index (χ0n) is 16.3. The number of aromatic amines is 1. The van der Waals surface area contributed by atoms with Gasteiger partial charge in [0.25, 0.3) is 5.91 Å². The molecule has 29 heavy (non-hydrogen) atoms. The SMILES string of the molecule is COc1ccccc1[C@H]1CN2C(=O)CN(N)C(=O)[C@@]2(C)c2[nH]c3ccccc3c21. The van der Waals surface area contributed by atoms with Gasteiger partial charge < -0.3 is 14.6 Å². The van der Waals surface area contributed by atoms with E-state index in [1.165, 1.54) is 0 Å². The summed E-state index contributed by atoms with van der Waals surface area (Å²) in [7, 11) is 1.64. The number of para-hydroxylation sites is 2. The molecule has 1 fully saturated rings. The van der Waals surface area contributed by atoms with Gasteiger partial charge in [0.05, 0.1) is 12.8 Å². The lowest BCUT2D eigenvalue weighted by Gasteiger charge is -2.50. The fraction of sp³-hybridized carbons (Fsp3) is 0.273. The molecule has 0 aliphatic carbocycles. The number of H-pyrrole nitrogens is 1. The summed E-state index contributed by atoms with van der Waals surface area (Å²) in [4.78, 5) is 31.2. The van der Waals surface area contributed by atoms with Crippen molar-refractivity contribution in [3.05, 3.63) is 65.4 Å². The zero-order valence-corrected chi connectivity index (χ0v) is 16.3. The Labute approximate surface area is 168 Å². The molecule has 0 saturated carbocycles. The van der Waals surface area contributed by atoms with E-state index in [2.05, 4.69) is 4.98 Å². The Bertz CT molecular complexity index is 1150. The second kappa shape index (κ2) is 6.09. The lowest BCUT2D eigenvalue weighted by atomic mass is 9.76. The fourth-order valence-electron chi connectivity index (χ4n) is 4.87. The van der Waals surface area contributed by atoms with Crippen molar-refractivity contribution in [1.29, 1.82) is 0 Å². The van der Waals surface area contributed by atoms with Crippen molar-refractivity contribution in [3.8, 4) is 5.75 Å². The molecule has 0 unspecified atom stereocenters. The van der Waals surface area contributed by atoms with Gasteiger partial charge in [0.2, 0.25) is 5.91 Å². The summed E-state index contributed by atoms with van der Waals surface area (Å²) in [5.41, 5.74) is 2.47. The van der Waals surface area contributed by atoms with Crippen LogP contribution in [0.5, 0.6) is 5.75 Å². The highest BCUT2D eigenvalue weighted by Gasteiger charge is 2.56. The molecule has 148 valence electrons. The monoisotopic (exact) mass is 390 g/mol. The summed E-state index contributed by atoms with van der Waals surface area (Å²) < 4.78 is 5.62. The second-order valence-electron chi connectivity index (χ2n) is 7.76. The Morgan fingerprint density at radius 2 is 1.86 bits per heavy atom. The van der Waals surface area contributed by atoms with E-state index in [1.54, 1.807) is 18.9 Å². The van der Waals surface area contributed by atoms with Gasteiger partial charge in [-0.05, 0) is 24.6 Å². The smallest absolute Gasteiger partial charge is 0.268 e. The highest BCUT2D eigenvalue weighted by atomic mass is 16.5. The summed E-state index contributed by atoms with van der Waals surface area (Å²) in [6.07, 6.45) is 0. The number of nitrogens with one attached hydrogen (secondary N) is 1. The largest absolute Gasteiger partial charge is 0.496 e. The summed E-state index contributed by atoms with van der Waals surface area (Å²) >= 11 is 0. The first-order chi connectivity index (χ1) is 14.0. The molecule has 2 atom stereocenters. The molecule has 3 N–H and O–H groups in total. The number of benzene rings is 2. The van der Waals surface area contributed by atoms with E-state index in [1.807, 2.05) is 48.5 Å². The van der Waals surface area contributed by atoms with E-state index in [0.29, 0.717) is 12.2 Å². The van der Waals surface area contributed by atoms with E-state index in [0.717, 1.165) is 32.8 Å². The number of piperazine rings is 1. The number of hydrazine groups is 1. The minimum absolute atomic E-state index is 0.122. The van der Waals surface area contributed by atoms with Crippen LogP contribution in [0.2, 0.25) is 0 Å². The predicted molar refractivity (Wildman–Crippen MR) is 108 cm³/mol. The molecule has 2 aliphatic rings. The first-order valence-electron chi connectivity index (χ1n) is 9.58. The van der Waals surface area contributed by atoms with Crippen molar-refractivity contribution in [2.24, 2.45) is 5.84 Å². The molecule has 0 bridgehead atoms. The highest BCUT2D eigenvalue weighted by molar-refractivity contribution is 6.01. The number of carbonyl (C=O) groups excluding carboxylic acids is 2. The average Bonchev–Trinajstić information content (AvgIpc) is 3.13. The Morgan fingerprint density at radius 3 is 2.66 bits per heavy atom. The van der Waals surface area contributed by atoms with Crippen molar-refractivity contribution in [2.45, 2.75) is 18.4 Å². The molecular weight excluding hydrogens is 368 g/mol. The summed E-state index contributed by atoms with van der Waals surface area (Å²) in [6.45, 7) is 2.03. The lowest BCUT2D eigenvalue weighted by molar-refractivity contribution is -0.166. The number of hydrogen-bond acceptors (Lipinski definition) is 4. The topological polar surface area (TPSA) is 91.7 Å². The molecule has 2 aliphatic heterocycles. The van der Waals surface area contributed by atoms with Crippen LogP contribution in [0.25, 0.3) is 10.9 Å². The highest BCUT2D eigenvalue weighted by Crippen LogP contribution is 2.49. The molecule has 0 spiro atoms. The zero-order chi connectivity index (χ0) is 20.3. The van der Waals surface area contributed by atoms with Crippen LogP contribution in [0.1, 0.15) is 29.7 Å². The Morgan fingerprint density at radius 1 is 1.14 bits per heavy atom. The van der Waals surface area contributed by atoms with E-state index in [9.17, 15) is 9.59 Å². The van der Waals surface area contributed by atoms with Crippen LogP contribution >= 0.6 is 0 Å². The third-order valence-corrected chi connectivity index (χ3v) is 6.28. The summed E-state index contributed by atoms with van der Waals surface area (Å²) in [5.74, 6) is 6.07. The number of nitrogens with two attached hydrogens (primary N) is 1. The number of methoxy groups -OCH3 is 1. The van der Waals surface area contributed by atoms with E-state index in [4.69, 9.17) is 10.6 Å². The first-order valence-corrected chi connectivity index (χ1v) is 9.58. The van der Waals surface area contributed by atoms with Gasteiger partial charge in [-0.3, -0.25) is 14.6 Å². The summed E-state index contributed by atoms with van der Waals surface area (Å²) in [6, 6.07) is 15.8. The third kappa shape index (κ3) is 2.28. The molecule has 2 aromatic carbocycles. The molecule has 5 rings (SSSR count). The van der Waals surface area contributed by atoms with Crippen molar-refractivity contribution >= 4 is 22.7 Å². The van der Waals surface area contributed by atoms with Gasteiger partial charge in [0.15, 0.2) is 5.54 Å². The van der Waals surface area contributed by atoms with Gasteiger partial charge in [-0.2, -0.15) is 0 Å². The molecular formula is C22H22N4O3. The van der Waals surface area contributed by atoms with Gasteiger partial charge in [-0.1, -0.05) is 36.4 Å². The molecule has 1 aromatic heterocycles. The molecule has 3 aromatic rings. The number of hydrogen-bond donors (Lipinski definition) is 2. The standard InChI is InChI=1S/C22H22N4O3/c1-22-20-19(14-8-3-5-9-16(14)24-20)15(13-7-4-6-10-17(13)29-2)11-25(22)18(27)12-26(23)21(22)28/h3-10,15,24H,11-12,23H2,1-2H3/t15-,22-/m1/s1. The van der Waals surface area contributed by atoms with Crippen LogP contribution in [-0.4, -0.2) is 46.9 Å². The summed E-state index contributed by atoms with van der Waals surface area (Å²) in [5, 5.41) is 2.06. The minimum Gasteiger partial charge on any atom is -0.496 e. The lowest BCUT2D eigenvalue weighted by Crippen LogP contribution is -2.68. The maximum atomic E-state index is 13.2. The number of nitrogens with zero attached hydrogens (tertiary/aromatic N) is 2. The molecule has 2 amide bonds. The van der Waals surface area contributed by atoms with E-state index in [-0.39, 0.29) is 24.3 Å². The van der Waals surface area contributed by atoms with Gasteiger partial charge >= 0.3 is 0 Å². The number of ether oxygens (including phenoxy) is 1. The Balaban J connectivity index is 1.83. The van der Waals surface area contributed by atoms with Crippen LogP contribution in [0.15, 0.2) is 48.5 Å². The van der Waals surface area contributed by atoms with Crippen LogP contribution in [-0.2, 0) is 15.1 Å². The fourth-order valence-corrected chi connectivity index (χ4v) is 4.87. The molecule has 7 nitrogen and oxygen atoms in total. The number of aromatic nitrogens is 1. The molecule has 1 saturated heterocycles. The van der Waals surface area contributed by atoms with Crippen LogP contribution in [0.3, 0.4) is 0 Å². The van der Waals surface area contributed by atoms with Crippen molar-refractivity contribution in [3.63, 3.8) is 0 Å². The van der Waals surface area contributed by atoms with Crippen molar-refractivity contribution in [2.75, 3.05) is 20.2 Å². The Hall–Kier alpha value is -3.32. The van der Waals surface area contributed by atoms with Crippen molar-refractivity contribution in [1.82, 2.24) is 14.9 Å². The predicted octanol–water partition coefficient (Wildman–Crippen LogP) is 2.08. The molecule has 3 heterocycles. The van der Waals surface area contributed by atoms with Gasteiger partial charge in [0, 0.05) is 28.9 Å². The number of rotatable bonds is 2.